The summed E-state index contributed by atoms with van der Waals surface area (Å²) in [5.74, 6) is -0.0295. The molecule has 0 bridgehead atoms. The van der Waals surface area contributed by atoms with Gasteiger partial charge in [0.2, 0.25) is 5.91 Å². The number of carbonyl (C=O) groups is 1. The van der Waals surface area contributed by atoms with E-state index in [4.69, 9.17) is 4.98 Å². The highest BCUT2D eigenvalue weighted by atomic mass is 32.1. The normalized spacial score (nSPS) is 14.1. The Balaban J connectivity index is 1.52. The molecule has 0 fully saturated rings. The van der Waals surface area contributed by atoms with Gasteiger partial charge in [0.05, 0.1) is 24.5 Å². The third kappa shape index (κ3) is 3.91. The SMILES string of the molecule is Cc1csc(NC(=O)CN(C)Cc2nc3c(s2)CCCC3)n1. The minimum atomic E-state index is -0.0295. The van der Waals surface area contributed by atoms with E-state index in [2.05, 4.69) is 10.3 Å². The molecule has 5 nitrogen and oxygen atoms in total. The maximum atomic E-state index is 12.0. The topological polar surface area (TPSA) is 58.1 Å². The number of aromatic nitrogens is 2. The van der Waals surface area contributed by atoms with E-state index in [1.54, 1.807) is 11.3 Å². The zero-order valence-electron chi connectivity index (χ0n) is 12.9. The van der Waals surface area contributed by atoms with E-state index in [1.807, 2.05) is 24.3 Å². The lowest BCUT2D eigenvalue weighted by molar-refractivity contribution is -0.117. The Bertz CT molecular complexity index is 641. The van der Waals surface area contributed by atoms with E-state index in [0.29, 0.717) is 11.7 Å². The van der Waals surface area contributed by atoms with Crippen molar-refractivity contribution in [2.24, 2.45) is 0 Å². The van der Waals surface area contributed by atoms with Gasteiger partial charge in [-0.25, -0.2) is 9.97 Å². The van der Waals surface area contributed by atoms with Gasteiger partial charge in [0.15, 0.2) is 5.13 Å². The van der Waals surface area contributed by atoms with Gasteiger partial charge in [0.1, 0.15) is 5.01 Å². The first-order chi connectivity index (χ1) is 10.6. The highest BCUT2D eigenvalue weighted by Crippen LogP contribution is 2.27. The minimum Gasteiger partial charge on any atom is -0.301 e. The number of amides is 1. The molecule has 7 heteroatoms. The minimum absolute atomic E-state index is 0.0295. The largest absolute Gasteiger partial charge is 0.301 e. The molecule has 0 spiro atoms. The summed E-state index contributed by atoms with van der Waals surface area (Å²) in [6, 6.07) is 0. The number of carbonyl (C=O) groups excluding carboxylic acids is 1. The molecular weight excluding hydrogens is 316 g/mol. The second-order valence-electron chi connectivity index (χ2n) is 5.70. The maximum absolute atomic E-state index is 12.0. The lowest BCUT2D eigenvalue weighted by atomic mass is 10.0. The number of aryl methyl sites for hydroxylation is 3. The molecule has 2 heterocycles. The number of anilines is 1. The van der Waals surface area contributed by atoms with Gasteiger partial charge in [0.25, 0.3) is 0 Å². The summed E-state index contributed by atoms with van der Waals surface area (Å²) in [6.45, 7) is 2.99. The molecule has 0 aliphatic heterocycles. The average molecular weight is 336 g/mol. The molecule has 1 aliphatic rings. The maximum Gasteiger partial charge on any atom is 0.240 e. The third-order valence-electron chi connectivity index (χ3n) is 3.57. The van der Waals surface area contributed by atoms with Crippen LogP contribution in [0.25, 0.3) is 0 Å². The Morgan fingerprint density at radius 3 is 2.91 bits per heavy atom. The summed E-state index contributed by atoms with van der Waals surface area (Å²) >= 11 is 3.26. The van der Waals surface area contributed by atoms with E-state index in [9.17, 15) is 4.79 Å². The number of hydrogen-bond acceptors (Lipinski definition) is 6. The molecule has 22 heavy (non-hydrogen) atoms. The molecule has 118 valence electrons. The highest BCUT2D eigenvalue weighted by Gasteiger charge is 2.16. The number of thiazole rings is 2. The monoisotopic (exact) mass is 336 g/mol. The van der Waals surface area contributed by atoms with Crippen molar-refractivity contribution >= 4 is 33.7 Å². The molecule has 0 saturated carbocycles. The average Bonchev–Trinajstić information content (AvgIpc) is 3.03. The first kappa shape index (κ1) is 15.6. The van der Waals surface area contributed by atoms with Crippen molar-refractivity contribution in [3.05, 3.63) is 26.7 Å². The Morgan fingerprint density at radius 1 is 1.36 bits per heavy atom. The smallest absolute Gasteiger partial charge is 0.240 e. The number of nitrogens with zero attached hydrogens (tertiary/aromatic N) is 3. The lowest BCUT2D eigenvalue weighted by Crippen LogP contribution is -2.29. The molecule has 1 aliphatic carbocycles. The number of rotatable bonds is 5. The summed E-state index contributed by atoms with van der Waals surface area (Å²) in [6.07, 6.45) is 4.81. The molecule has 2 aromatic rings. The fraction of sp³-hybridized carbons (Fsp3) is 0.533. The molecular formula is C15H20N4OS2. The van der Waals surface area contributed by atoms with Gasteiger partial charge < -0.3 is 5.32 Å². The number of hydrogen-bond donors (Lipinski definition) is 1. The lowest BCUT2D eigenvalue weighted by Gasteiger charge is -2.13. The molecule has 0 saturated heterocycles. The number of likely N-dealkylation sites (N-methyl/N-ethyl adjacent to an activating group) is 1. The van der Waals surface area contributed by atoms with Crippen LogP contribution in [0.2, 0.25) is 0 Å². The summed E-state index contributed by atoms with van der Waals surface area (Å²) in [5.41, 5.74) is 2.21. The van der Waals surface area contributed by atoms with Gasteiger partial charge in [-0.1, -0.05) is 0 Å². The van der Waals surface area contributed by atoms with Crippen LogP contribution in [0.5, 0.6) is 0 Å². The van der Waals surface area contributed by atoms with Gasteiger partial charge in [0, 0.05) is 10.3 Å². The summed E-state index contributed by atoms with van der Waals surface area (Å²) in [4.78, 5) is 24.4. The standard InChI is InChI=1S/C15H20N4OS2/c1-10-9-21-15(16-10)18-13(20)7-19(2)8-14-17-11-5-3-4-6-12(11)22-14/h9H,3-8H2,1-2H3,(H,16,18,20). The summed E-state index contributed by atoms with van der Waals surface area (Å²) in [5, 5.41) is 6.55. The van der Waals surface area contributed by atoms with Crippen molar-refractivity contribution in [2.45, 2.75) is 39.2 Å². The highest BCUT2D eigenvalue weighted by molar-refractivity contribution is 7.14. The molecule has 1 N–H and O–H groups in total. The van der Waals surface area contributed by atoms with Gasteiger partial charge >= 0.3 is 0 Å². The zero-order chi connectivity index (χ0) is 15.5. The zero-order valence-corrected chi connectivity index (χ0v) is 14.5. The van der Waals surface area contributed by atoms with Gasteiger partial charge in [-0.15, -0.1) is 22.7 Å². The quantitative estimate of drug-likeness (QED) is 0.912. The molecule has 3 rings (SSSR count). The van der Waals surface area contributed by atoms with Crippen molar-refractivity contribution in [1.29, 1.82) is 0 Å². The van der Waals surface area contributed by atoms with Crippen LogP contribution < -0.4 is 5.32 Å². The van der Waals surface area contributed by atoms with Crippen molar-refractivity contribution in [2.75, 3.05) is 18.9 Å². The van der Waals surface area contributed by atoms with Crippen LogP contribution in [-0.4, -0.2) is 34.4 Å². The van der Waals surface area contributed by atoms with Crippen LogP contribution in [0, 0.1) is 6.92 Å². The van der Waals surface area contributed by atoms with E-state index in [1.165, 1.54) is 41.2 Å². The number of fused-ring (bicyclic) bond motifs is 1. The van der Waals surface area contributed by atoms with E-state index >= 15 is 0 Å². The van der Waals surface area contributed by atoms with Crippen molar-refractivity contribution < 1.29 is 4.79 Å². The number of nitrogens with one attached hydrogen (secondary N) is 1. The molecule has 1 amide bonds. The Kier molecular flexibility index (Phi) is 4.85. The summed E-state index contributed by atoms with van der Waals surface area (Å²) in [7, 11) is 1.95. The van der Waals surface area contributed by atoms with Crippen LogP contribution in [0.1, 0.15) is 34.1 Å². The predicted molar refractivity (Wildman–Crippen MR) is 90.6 cm³/mol. The Labute approximate surface area is 138 Å². The van der Waals surface area contributed by atoms with Gasteiger partial charge in [-0.05, 0) is 39.7 Å². The molecule has 0 radical (unpaired) electrons. The third-order valence-corrected chi connectivity index (χ3v) is 5.59. The van der Waals surface area contributed by atoms with Crippen molar-refractivity contribution in [3.8, 4) is 0 Å². The fourth-order valence-corrected chi connectivity index (χ4v) is 4.52. The first-order valence-corrected chi connectivity index (χ1v) is 9.18. The fourth-order valence-electron chi connectivity index (χ4n) is 2.58. The van der Waals surface area contributed by atoms with Gasteiger partial charge in [-0.2, -0.15) is 0 Å². The second-order valence-corrected chi connectivity index (χ2v) is 7.73. The Morgan fingerprint density at radius 2 is 2.18 bits per heavy atom. The van der Waals surface area contributed by atoms with Crippen LogP contribution in [0.15, 0.2) is 5.38 Å². The van der Waals surface area contributed by atoms with Crippen LogP contribution in [0.3, 0.4) is 0 Å². The van der Waals surface area contributed by atoms with Gasteiger partial charge in [-0.3, -0.25) is 9.69 Å². The molecule has 0 atom stereocenters. The van der Waals surface area contributed by atoms with Crippen LogP contribution in [-0.2, 0) is 24.2 Å². The van der Waals surface area contributed by atoms with Crippen molar-refractivity contribution in [3.63, 3.8) is 0 Å². The van der Waals surface area contributed by atoms with Crippen molar-refractivity contribution in [1.82, 2.24) is 14.9 Å². The molecule has 0 aromatic carbocycles. The molecule has 0 unspecified atom stereocenters. The van der Waals surface area contributed by atoms with Crippen LogP contribution in [0.4, 0.5) is 5.13 Å². The van der Waals surface area contributed by atoms with E-state index in [0.717, 1.165) is 23.7 Å². The summed E-state index contributed by atoms with van der Waals surface area (Å²) < 4.78 is 0. The second kappa shape index (κ2) is 6.85. The van der Waals surface area contributed by atoms with Crippen LogP contribution >= 0.6 is 22.7 Å². The predicted octanol–water partition coefficient (Wildman–Crippen LogP) is 2.86. The van der Waals surface area contributed by atoms with E-state index < -0.39 is 0 Å². The molecule has 2 aromatic heterocycles. The van der Waals surface area contributed by atoms with E-state index in [-0.39, 0.29) is 5.91 Å². The first-order valence-electron chi connectivity index (χ1n) is 7.48. The Hall–Kier alpha value is -1.31.